The Kier molecular flexibility index (Phi) is 6.41. The molecule has 0 aromatic heterocycles. The van der Waals surface area contributed by atoms with Crippen LogP contribution in [-0.4, -0.2) is 20.3 Å². The van der Waals surface area contributed by atoms with Crippen molar-refractivity contribution >= 4 is 0 Å². The summed E-state index contributed by atoms with van der Waals surface area (Å²) < 4.78 is 24.1. The van der Waals surface area contributed by atoms with Gasteiger partial charge in [0.2, 0.25) is 0 Å². The van der Waals surface area contributed by atoms with E-state index in [0.29, 0.717) is 25.6 Å². The average molecular weight is 317 g/mol. The van der Waals surface area contributed by atoms with E-state index in [4.69, 9.17) is 9.47 Å². The molecule has 0 aliphatic rings. The van der Waals surface area contributed by atoms with Crippen LogP contribution in [0.4, 0.5) is 4.39 Å². The zero-order valence-corrected chi connectivity index (χ0v) is 13.9. The lowest BCUT2D eigenvalue weighted by atomic mass is 10.0. The summed E-state index contributed by atoms with van der Waals surface area (Å²) in [6.07, 6.45) is 0. The van der Waals surface area contributed by atoms with Crippen molar-refractivity contribution in [2.75, 3.05) is 20.3 Å². The number of rotatable bonds is 8. The van der Waals surface area contributed by atoms with Gasteiger partial charge in [0, 0.05) is 13.1 Å². The minimum atomic E-state index is -0.340. The molecule has 2 aromatic rings. The number of hydrogen-bond donors (Lipinski definition) is 1. The fraction of sp³-hybridized carbons (Fsp3) is 0.368. The van der Waals surface area contributed by atoms with E-state index in [9.17, 15) is 4.39 Å². The quantitative estimate of drug-likeness (QED) is 0.743. The van der Waals surface area contributed by atoms with Crippen LogP contribution in [0, 0.1) is 5.82 Å². The van der Waals surface area contributed by atoms with Gasteiger partial charge in [-0.3, -0.25) is 0 Å². The first-order valence-corrected chi connectivity index (χ1v) is 7.86. The van der Waals surface area contributed by atoms with E-state index in [1.807, 2.05) is 18.2 Å². The maximum atomic E-state index is 13.6. The molecule has 0 saturated heterocycles. The molecule has 0 bridgehead atoms. The van der Waals surface area contributed by atoms with Crippen molar-refractivity contribution in [3.8, 4) is 11.5 Å². The molecule has 124 valence electrons. The van der Waals surface area contributed by atoms with Crippen molar-refractivity contribution in [1.29, 1.82) is 0 Å². The van der Waals surface area contributed by atoms with Gasteiger partial charge in [-0.05, 0) is 41.3 Å². The summed E-state index contributed by atoms with van der Waals surface area (Å²) in [5.41, 5.74) is 2.18. The highest BCUT2D eigenvalue weighted by atomic mass is 19.1. The summed E-state index contributed by atoms with van der Waals surface area (Å²) in [6.45, 7) is 6.19. The highest BCUT2D eigenvalue weighted by Crippen LogP contribution is 2.19. The lowest BCUT2D eigenvalue weighted by molar-refractivity contribution is 0.313. The number of hydrogen-bond acceptors (Lipinski definition) is 3. The molecule has 1 N–H and O–H groups in total. The van der Waals surface area contributed by atoms with E-state index in [1.165, 1.54) is 18.7 Å². The highest BCUT2D eigenvalue weighted by Gasteiger charge is 2.03. The van der Waals surface area contributed by atoms with Gasteiger partial charge < -0.3 is 14.8 Å². The number of benzene rings is 2. The number of nitrogens with one attached hydrogen (secondary N) is 1. The second-order valence-electron chi connectivity index (χ2n) is 5.72. The molecule has 0 heterocycles. The second kappa shape index (κ2) is 8.53. The minimum Gasteiger partial charge on any atom is -0.494 e. The minimum absolute atomic E-state index is 0.266. The lowest BCUT2D eigenvalue weighted by Gasteiger charge is -2.10. The molecular formula is C19H24FNO2. The third-order valence-corrected chi connectivity index (χ3v) is 3.64. The molecule has 2 aromatic carbocycles. The van der Waals surface area contributed by atoms with Crippen molar-refractivity contribution in [2.45, 2.75) is 26.3 Å². The van der Waals surface area contributed by atoms with Gasteiger partial charge in [0.05, 0.1) is 7.11 Å². The van der Waals surface area contributed by atoms with Gasteiger partial charge in [-0.1, -0.05) is 32.0 Å². The third-order valence-electron chi connectivity index (χ3n) is 3.64. The maximum Gasteiger partial charge on any atom is 0.165 e. The first-order valence-electron chi connectivity index (χ1n) is 7.86. The molecule has 0 fully saturated rings. The van der Waals surface area contributed by atoms with Crippen LogP contribution in [0.2, 0.25) is 0 Å². The van der Waals surface area contributed by atoms with Gasteiger partial charge >= 0.3 is 0 Å². The fourth-order valence-electron chi connectivity index (χ4n) is 2.24. The van der Waals surface area contributed by atoms with E-state index >= 15 is 0 Å². The van der Waals surface area contributed by atoms with Crippen LogP contribution in [-0.2, 0) is 6.54 Å². The topological polar surface area (TPSA) is 30.5 Å². The van der Waals surface area contributed by atoms with Crippen molar-refractivity contribution in [3.05, 3.63) is 59.4 Å². The van der Waals surface area contributed by atoms with Crippen molar-refractivity contribution in [3.63, 3.8) is 0 Å². The molecule has 0 unspecified atom stereocenters. The molecule has 3 nitrogen and oxygen atoms in total. The zero-order chi connectivity index (χ0) is 16.7. The molecule has 0 radical (unpaired) electrons. The van der Waals surface area contributed by atoms with E-state index in [0.717, 1.165) is 11.3 Å². The van der Waals surface area contributed by atoms with Crippen LogP contribution >= 0.6 is 0 Å². The van der Waals surface area contributed by atoms with E-state index < -0.39 is 0 Å². The summed E-state index contributed by atoms with van der Waals surface area (Å²) in [5.74, 6) is 1.32. The summed E-state index contributed by atoms with van der Waals surface area (Å²) in [4.78, 5) is 0. The SMILES string of the molecule is COc1ccc(CNCCOc2ccc(C(C)C)cc2)cc1F. The number of halogens is 1. The lowest BCUT2D eigenvalue weighted by Crippen LogP contribution is -2.20. The van der Waals surface area contributed by atoms with Crippen molar-refractivity contribution in [1.82, 2.24) is 5.32 Å². The van der Waals surface area contributed by atoms with Gasteiger partial charge in [0.1, 0.15) is 12.4 Å². The van der Waals surface area contributed by atoms with Crippen LogP contribution in [0.3, 0.4) is 0 Å². The van der Waals surface area contributed by atoms with Crippen LogP contribution < -0.4 is 14.8 Å². The Morgan fingerprint density at radius 2 is 1.83 bits per heavy atom. The molecule has 0 amide bonds. The van der Waals surface area contributed by atoms with E-state index in [-0.39, 0.29) is 11.6 Å². The van der Waals surface area contributed by atoms with Gasteiger partial charge in [-0.2, -0.15) is 0 Å². The smallest absolute Gasteiger partial charge is 0.165 e. The Labute approximate surface area is 137 Å². The average Bonchev–Trinajstić information content (AvgIpc) is 2.55. The largest absolute Gasteiger partial charge is 0.494 e. The molecule has 2 rings (SSSR count). The Morgan fingerprint density at radius 3 is 2.43 bits per heavy atom. The zero-order valence-electron chi connectivity index (χ0n) is 13.9. The normalized spacial score (nSPS) is 10.8. The van der Waals surface area contributed by atoms with Gasteiger partial charge in [-0.25, -0.2) is 4.39 Å². The summed E-state index contributed by atoms with van der Waals surface area (Å²) in [7, 11) is 1.46. The number of methoxy groups -OCH3 is 1. The maximum absolute atomic E-state index is 13.6. The van der Waals surface area contributed by atoms with E-state index in [1.54, 1.807) is 6.07 Å². The standard InChI is InChI=1S/C19H24FNO2/c1-14(2)16-5-7-17(8-6-16)23-11-10-21-13-15-4-9-19(22-3)18(20)12-15/h4-9,12,14,21H,10-11,13H2,1-3H3. The Hall–Kier alpha value is -2.07. The molecule has 0 atom stereocenters. The predicted molar refractivity (Wildman–Crippen MR) is 90.7 cm³/mol. The van der Waals surface area contributed by atoms with Gasteiger partial charge in [0.15, 0.2) is 11.6 Å². The second-order valence-corrected chi connectivity index (χ2v) is 5.72. The Bertz CT molecular complexity index is 611. The summed E-state index contributed by atoms with van der Waals surface area (Å²) in [6, 6.07) is 13.1. The Morgan fingerprint density at radius 1 is 1.09 bits per heavy atom. The van der Waals surface area contributed by atoms with Crippen LogP contribution in [0.15, 0.2) is 42.5 Å². The summed E-state index contributed by atoms with van der Waals surface area (Å²) in [5, 5.41) is 3.23. The third kappa shape index (κ3) is 5.25. The predicted octanol–water partition coefficient (Wildman–Crippen LogP) is 4.13. The fourth-order valence-corrected chi connectivity index (χ4v) is 2.24. The molecule has 23 heavy (non-hydrogen) atoms. The first-order chi connectivity index (χ1) is 11.1. The van der Waals surface area contributed by atoms with E-state index in [2.05, 4.69) is 31.3 Å². The monoisotopic (exact) mass is 317 g/mol. The molecule has 0 aliphatic heterocycles. The Balaban J connectivity index is 1.70. The molecule has 0 saturated carbocycles. The molecule has 0 aliphatic carbocycles. The van der Waals surface area contributed by atoms with Crippen LogP contribution in [0.25, 0.3) is 0 Å². The van der Waals surface area contributed by atoms with Crippen LogP contribution in [0.1, 0.15) is 30.9 Å². The molecule has 4 heteroatoms. The summed E-state index contributed by atoms with van der Waals surface area (Å²) >= 11 is 0. The van der Waals surface area contributed by atoms with Gasteiger partial charge in [0.25, 0.3) is 0 Å². The van der Waals surface area contributed by atoms with Gasteiger partial charge in [-0.15, -0.1) is 0 Å². The first kappa shape index (κ1) is 17.3. The highest BCUT2D eigenvalue weighted by molar-refractivity contribution is 5.29. The van der Waals surface area contributed by atoms with Crippen molar-refractivity contribution < 1.29 is 13.9 Å². The molecular weight excluding hydrogens is 293 g/mol. The van der Waals surface area contributed by atoms with Crippen LogP contribution in [0.5, 0.6) is 11.5 Å². The molecule has 0 spiro atoms. The number of ether oxygens (including phenoxy) is 2. The van der Waals surface area contributed by atoms with Crippen molar-refractivity contribution in [2.24, 2.45) is 0 Å².